The maximum absolute atomic E-state index is 12.4. The number of hydrogen-bond acceptors (Lipinski definition) is 2. The molecule has 0 spiro atoms. The van der Waals surface area contributed by atoms with Crippen LogP contribution in [-0.2, 0) is 16.0 Å². The number of rotatable bonds is 5. The van der Waals surface area contributed by atoms with Gasteiger partial charge in [-0.15, -0.1) is 0 Å². The molecule has 0 saturated heterocycles. The van der Waals surface area contributed by atoms with Crippen LogP contribution in [0.4, 0.5) is 5.69 Å². The highest BCUT2D eigenvalue weighted by Gasteiger charge is 2.19. The summed E-state index contributed by atoms with van der Waals surface area (Å²) in [4.78, 5) is 24.6. The molecule has 5 heteroatoms. The number of carbonyl (C=O) groups is 2. The molecule has 0 aliphatic rings. The van der Waals surface area contributed by atoms with Gasteiger partial charge in [0.05, 0.1) is 6.42 Å². The zero-order valence-electron chi connectivity index (χ0n) is 11.2. The minimum atomic E-state index is -1.06. The van der Waals surface area contributed by atoms with Gasteiger partial charge in [-0.2, -0.15) is 0 Å². The molecule has 2 aromatic carbocycles. The summed E-state index contributed by atoms with van der Waals surface area (Å²) in [5, 5.41) is 9.49. The summed E-state index contributed by atoms with van der Waals surface area (Å²) < 4.78 is 0. The lowest BCUT2D eigenvalue weighted by molar-refractivity contribution is -0.136. The first kappa shape index (κ1) is 15.1. The Morgan fingerprint density at radius 3 is 2.24 bits per heavy atom. The van der Waals surface area contributed by atoms with Crippen LogP contribution < -0.4 is 4.90 Å². The van der Waals surface area contributed by atoms with Crippen LogP contribution in [0, 0.1) is 0 Å². The average Bonchev–Trinajstić information content (AvgIpc) is 2.48. The molecule has 0 saturated carbocycles. The summed E-state index contributed by atoms with van der Waals surface area (Å²) in [5.74, 6) is -1.37. The Labute approximate surface area is 127 Å². The first-order valence-electron chi connectivity index (χ1n) is 6.38. The van der Waals surface area contributed by atoms with E-state index in [1.54, 1.807) is 54.6 Å². The number of hydrogen-bond donors (Lipinski definition) is 1. The number of para-hydroxylation sites is 1. The Morgan fingerprint density at radius 1 is 1.00 bits per heavy atom. The summed E-state index contributed by atoms with van der Waals surface area (Å²) in [6, 6.07) is 15.8. The third-order valence-corrected chi connectivity index (χ3v) is 3.33. The van der Waals surface area contributed by atoms with Crippen LogP contribution in [0.3, 0.4) is 0 Å². The Kier molecular flexibility index (Phi) is 4.95. The van der Waals surface area contributed by atoms with Crippen molar-refractivity contribution >= 4 is 29.2 Å². The van der Waals surface area contributed by atoms with Crippen molar-refractivity contribution in [3.8, 4) is 0 Å². The van der Waals surface area contributed by atoms with E-state index in [2.05, 4.69) is 0 Å². The number of carbonyl (C=O) groups excluding carboxylic acids is 1. The van der Waals surface area contributed by atoms with Crippen molar-refractivity contribution in [1.82, 2.24) is 0 Å². The van der Waals surface area contributed by atoms with Crippen LogP contribution in [0.1, 0.15) is 5.56 Å². The number of anilines is 1. The van der Waals surface area contributed by atoms with Crippen LogP contribution in [0.15, 0.2) is 54.6 Å². The van der Waals surface area contributed by atoms with E-state index in [9.17, 15) is 9.59 Å². The summed E-state index contributed by atoms with van der Waals surface area (Å²) >= 11 is 6.04. The largest absolute Gasteiger partial charge is 0.480 e. The van der Waals surface area contributed by atoms with Gasteiger partial charge < -0.3 is 10.0 Å². The van der Waals surface area contributed by atoms with E-state index in [1.807, 2.05) is 0 Å². The Hall–Kier alpha value is -2.33. The molecule has 0 atom stereocenters. The second kappa shape index (κ2) is 6.90. The number of nitrogens with zero attached hydrogens (tertiary/aromatic N) is 1. The SMILES string of the molecule is O=C(O)CN(C(=O)Cc1ccccc1Cl)c1ccccc1. The molecule has 0 aliphatic carbocycles. The highest BCUT2D eigenvalue weighted by atomic mass is 35.5. The summed E-state index contributed by atoms with van der Waals surface area (Å²) in [6.45, 7) is -0.382. The van der Waals surface area contributed by atoms with Crippen molar-refractivity contribution in [2.45, 2.75) is 6.42 Å². The predicted octanol–water partition coefficient (Wildman–Crippen LogP) is 3.00. The maximum atomic E-state index is 12.4. The molecule has 4 nitrogen and oxygen atoms in total. The first-order valence-corrected chi connectivity index (χ1v) is 6.76. The third kappa shape index (κ3) is 4.07. The van der Waals surface area contributed by atoms with Crippen molar-refractivity contribution in [3.63, 3.8) is 0 Å². The number of benzene rings is 2. The van der Waals surface area contributed by atoms with Gasteiger partial charge in [-0.05, 0) is 23.8 Å². The molecule has 0 aromatic heterocycles. The van der Waals surface area contributed by atoms with Crippen LogP contribution >= 0.6 is 11.6 Å². The number of halogens is 1. The molecule has 2 aromatic rings. The van der Waals surface area contributed by atoms with E-state index in [0.717, 1.165) is 0 Å². The number of carboxylic acids is 1. The first-order chi connectivity index (χ1) is 10.1. The van der Waals surface area contributed by atoms with E-state index in [-0.39, 0.29) is 18.9 Å². The van der Waals surface area contributed by atoms with Crippen LogP contribution in [0.5, 0.6) is 0 Å². The zero-order chi connectivity index (χ0) is 15.2. The minimum Gasteiger partial charge on any atom is -0.480 e. The predicted molar refractivity (Wildman–Crippen MR) is 81.6 cm³/mol. The van der Waals surface area contributed by atoms with Gasteiger partial charge in [-0.25, -0.2) is 0 Å². The molecular weight excluding hydrogens is 290 g/mol. The van der Waals surface area contributed by atoms with Gasteiger partial charge in [-0.3, -0.25) is 9.59 Å². The fourth-order valence-electron chi connectivity index (χ4n) is 1.97. The molecule has 0 bridgehead atoms. The summed E-state index contributed by atoms with van der Waals surface area (Å²) in [7, 11) is 0. The van der Waals surface area contributed by atoms with Gasteiger partial charge in [0, 0.05) is 10.7 Å². The van der Waals surface area contributed by atoms with Gasteiger partial charge in [0.15, 0.2) is 0 Å². The smallest absolute Gasteiger partial charge is 0.323 e. The van der Waals surface area contributed by atoms with Crippen molar-refractivity contribution in [3.05, 3.63) is 65.2 Å². The normalized spacial score (nSPS) is 10.1. The molecular formula is C16H14ClNO3. The van der Waals surface area contributed by atoms with Gasteiger partial charge >= 0.3 is 5.97 Å². The molecule has 2 rings (SSSR count). The van der Waals surface area contributed by atoms with E-state index in [0.29, 0.717) is 16.3 Å². The van der Waals surface area contributed by atoms with E-state index in [1.165, 1.54) is 4.90 Å². The van der Waals surface area contributed by atoms with E-state index >= 15 is 0 Å². The van der Waals surface area contributed by atoms with Crippen LogP contribution in [0.25, 0.3) is 0 Å². The highest BCUT2D eigenvalue weighted by Crippen LogP contribution is 2.19. The standard InChI is InChI=1S/C16H14ClNO3/c17-14-9-5-4-6-12(14)10-15(19)18(11-16(20)21)13-7-2-1-3-8-13/h1-9H,10-11H2,(H,20,21). The lowest BCUT2D eigenvalue weighted by Gasteiger charge is -2.21. The van der Waals surface area contributed by atoms with Crippen molar-refractivity contribution in [2.75, 3.05) is 11.4 Å². The average molecular weight is 304 g/mol. The fourth-order valence-corrected chi connectivity index (χ4v) is 2.17. The number of amides is 1. The van der Waals surface area contributed by atoms with Crippen LogP contribution in [0.2, 0.25) is 5.02 Å². The third-order valence-electron chi connectivity index (χ3n) is 2.96. The quantitative estimate of drug-likeness (QED) is 0.924. The Balaban J connectivity index is 2.23. The monoisotopic (exact) mass is 303 g/mol. The van der Waals surface area contributed by atoms with Gasteiger partial charge in [-0.1, -0.05) is 48.0 Å². The van der Waals surface area contributed by atoms with E-state index in [4.69, 9.17) is 16.7 Å². The topological polar surface area (TPSA) is 57.6 Å². The summed E-state index contributed by atoms with van der Waals surface area (Å²) in [6.07, 6.45) is 0.0574. The molecule has 108 valence electrons. The Bertz CT molecular complexity index is 643. The lowest BCUT2D eigenvalue weighted by atomic mass is 10.1. The molecule has 1 amide bonds. The van der Waals surface area contributed by atoms with Crippen LogP contribution in [-0.4, -0.2) is 23.5 Å². The maximum Gasteiger partial charge on any atom is 0.323 e. The second-order valence-corrected chi connectivity index (χ2v) is 4.88. The molecule has 1 N–H and O–H groups in total. The number of aliphatic carboxylic acids is 1. The van der Waals surface area contributed by atoms with Crippen molar-refractivity contribution in [2.24, 2.45) is 0 Å². The van der Waals surface area contributed by atoms with Gasteiger partial charge in [0.1, 0.15) is 6.54 Å². The Morgan fingerprint density at radius 2 is 1.62 bits per heavy atom. The molecule has 0 unspecified atom stereocenters. The van der Waals surface area contributed by atoms with Gasteiger partial charge in [0.2, 0.25) is 5.91 Å². The number of carboxylic acid groups (broad SMARTS) is 1. The molecule has 21 heavy (non-hydrogen) atoms. The fraction of sp³-hybridized carbons (Fsp3) is 0.125. The van der Waals surface area contributed by atoms with Crippen molar-refractivity contribution < 1.29 is 14.7 Å². The molecule has 0 radical (unpaired) electrons. The van der Waals surface area contributed by atoms with E-state index < -0.39 is 5.97 Å². The highest BCUT2D eigenvalue weighted by molar-refractivity contribution is 6.31. The molecule has 0 heterocycles. The second-order valence-electron chi connectivity index (χ2n) is 4.48. The molecule has 0 fully saturated rings. The van der Waals surface area contributed by atoms with Crippen molar-refractivity contribution in [1.29, 1.82) is 0 Å². The lowest BCUT2D eigenvalue weighted by Crippen LogP contribution is -2.36. The zero-order valence-corrected chi connectivity index (χ0v) is 12.0. The minimum absolute atomic E-state index is 0.0574. The summed E-state index contributed by atoms with van der Waals surface area (Å²) in [5.41, 5.74) is 1.23. The molecule has 0 aliphatic heterocycles. The van der Waals surface area contributed by atoms with Gasteiger partial charge in [0.25, 0.3) is 0 Å².